The molecule has 0 heterocycles. The number of hydrogen-bond acceptors (Lipinski definition) is 2. The molecule has 0 bridgehead atoms. The van der Waals surface area contributed by atoms with Crippen molar-refractivity contribution >= 4 is 5.91 Å². The second-order valence-corrected chi connectivity index (χ2v) is 6.60. The highest BCUT2D eigenvalue weighted by Crippen LogP contribution is 2.37. The van der Waals surface area contributed by atoms with Crippen LogP contribution >= 0.6 is 0 Å². The summed E-state index contributed by atoms with van der Waals surface area (Å²) in [5, 5.41) is 2.76. The maximum atomic E-state index is 12.7. The number of amides is 1. The summed E-state index contributed by atoms with van der Waals surface area (Å²) < 4.78 is 38.2. The molecule has 1 fully saturated rings. The molecule has 3 N–H and O–H groups in total. The van der Waals surface area contributed by atoms with Crippen LogP contribution in [-0.4, -0.2) is 24.7 Å². The quantitative estimate of drug-likeness (QED) is 0.791. The SMILES string of the molecule is CC(C)CC(CN)CC(=O)NC1CCCC(C(F)(F)F)C1. The van der Waals surface area contributed by atoms with Crippen molar-refractivity contribution in [2.24, 2.45) is 23.5 Å². The van der Waals surface area contributed by atoms with Gasteiger partial charge in [0.2, 0.25) is 5.91 Å². The van der Waals surface area contributed by atoms with Gasteiger partial charge in [0, 0.05) is 12.5 Å². The number of rotatable bonds is 6. The van der Waals surface area contributed by atoms with Crippen LogP contribution in [0.5, 0.6) is 0 Å². The minimum absolute atomic E-state index is 0.00666. The largest absolute Gasteiger partial charge is 0.391 e. The lowest BCUT2D eigenvalue weighted by Gasteiger charge is -2.31. The standard InChI is InChI=1S/C15H27F3N2O/c1-10(2)6-11(9-19)7-14(21)20-13-5-3-4-12(8-13)15(16,17)18/h10-13H,3-9,19H2,1-2H3,(H,20,21). The van der Waals surface area contributed by atoms with E-state index in [-0.39, 0.29) is 30.7 Å². The van der Waals surface area contributed by atoms with Crippen LogP contribution in [0.1, 0.15) is 52.4 Å². The van der Waals surface area contributed by atoms with E-state index < -0.39 is 12.1 Å². The summed E-state index contributed by atoms with van der Waals surface area (Å²) in [6, 6.07) is -0.352. The lowest BCUT2D eigenvalue weighted by molar-refractivity contribution is -0.184. The third-order valence-electron chi connectivity index (χ3n) is 4.11. The van der Waals surface area contributed by atoms with Crippen LogP contribution in [0.15, 0.2) is 0 Å². The van der Waals surface area contributed by atoms with Gasteiger partial charge in [-0.25, -0.2) is 0 Å². The van der Waals surface area contributed by atoms with Gasteiger partial charge in [-0.1, -0.05) is 20.3 Å². The minimum Gasteiger partial charge on any atom is -0.353 e. The Morgan fingerprint density at radius 3 is 2.52 bits per heavy atom. The average molecular weight is 308 g/mol. The molecule has 1 aliphatic rings. The van der Waals surface area contributed by atoms with Crippen LogP contribution in [0.4, 0.5) is 13.2 Å². The van der Waals surface area contributed by atoms with Gasteiger partial charge in [-0.15, -0.1) is 0 Å². The number of halogens is 3. The summed E-state index contributed by atoms with van der Waals surface area (Å²) in [7, 11) is 0. The van der Waals surface area contributed by atoms with Crippen molar-refractivity contribution in [2.45, 2.75) is 64.6 Å². The van der Waals surface area contributed by atoms with E-state index in [0.29, 0.717) is 31.7 Å². The van der Waals surface area contributed by atoms with Gasteiger partial charge in [0.15, 0.2) is 0 Å². The maximum absolute atomic E-state index is 12.7. The molecule has 1 aliphatic carbocycles. The zero-order valence-electron chi connectivity index (χ0n) is 12.9. The monoisotopic (exact) mass is 308 g/mol. The molecule has 0 aromatic heterocycles. The summed E-state index contributed by atoms with van der Waals surface area (Å²) in [4.78, 5) is 12.0. The van der Waals surface area contributed by atoms with Gasteiger partial charge >= 0.3 is 6.18 Å². The Morgan fingerprint density at radius 1 is 1.33 bits per heavy atom. The van der Waals surface area contributed by atoms with Crippen LogP contribution in [0.3, 0.4) is 0 Å². The molecule has 0 spiro atoms. The lowest BCUT2D eigenvalue weighted by Crippen LogP contribution is -2.42. The normalized spacial score (nSPS) is 24.9. The van der Waals surface area contributed by atoms with Crippen molar-refractivity contribution in [3.05, 3.63) is 0 Å². The zero-order chi connectivity index (χ0) is 16.0. The highest BCUT2D eigenvalue weighted by molar-refractivity contribution is 5.76. The summed E-state index contributed by atoms with van der Waals surface area (Å²) in [5.74, 6) is -0.890. The molecule has 1 amide bonds. The van der Waals surface area contributed by atoms with Crippen LogP contribution < -0.4 is 11.1 Å². The molecule has 124 valence electrons. The Hall–Kier alpha value is -0.780. The van der Waals surface area contributed by atoms with Gasteiger partial charge in [-0.3, -0.25) is 4.79 Å². The van der Waals surface area contributed by atoms with E-state index in [0.717, 1.165) is 6.42 Å². The molecule has 3 unspecified atom stereocenters. The maximum Gasteiger partial charge on any atom is 0.391 e. The van der Waals surface area contributed by atoms with Gasteiger partial charge in [0.05, 0.1) is 5.92 Å². The number of nitrogens with one attached hydrogen (secondary N) is 1. The minimum atomic E-state index is -4.15. The van der Waals surface area contributed by atoms with E-state index in [1.54, 1.807) is 0 Å². The van der Waals surface area contributed by atoms with Crippen LogP contribution in [0.2, 0.25) is 0 Å². The molecule has 3 atom stereocenters. The Labute approximate surface area is 124 Å². The molecular formula is C15H27F3N2O. The third-order valence-corrected chi connectivity index (χ3v) is 4.11. The van der Waals surface area contributed by atoms with Crippen molar-refractivity contribution in [2.75, 3.05) is 6.54 Å². The van der Waals surface area contributed by atoms with E-state index in [1.165, 1.54) is 0 Å². The van der Waals surface area contributed by atoms with Gasteiger partial charge < -0.3 is 11.1 Å². The molecule has 1 rings (SSSR count). The lowest BCUT2D eigenvalue weighted by atomic mass is 9.85. The second kappa shape index (κ2) is 8.01. The Kier molecular flexibility index (Phi) is 6.97. The molecular weight excluding hydrogens is 281 g/mol. The van der Waals surface area contributed by atoms with Crippen molar-refractivity contribution in [3.63, 3.8) is 0 Å². The number of hydrogen-bond donors (Lipinski definition) is 2. The van der Waals surface area contributed by atoms with E-state index in [2.05, 4.69) is 19.2 Å². The number of carbonyl (C=O) groups is 1. The van der Waals surface area contributed by atoms with E-state index >= 15 is 0 Å². The van der Waals surface area contributed by atoms with Crippen LogP contribution in [-0.2, 0) is 4.79 Å². The Balaban J connectivity index is 2.43. The van der Waals surface area contributed by atoms with Crippen molar-refractivity contribution in [3.8, 4) is 0 Å². The molecule has 0 radical (unpaired) electrons. The summed E-state index contributed by atoms with van der Waals surface area (Å²) in [5.41, 5.74) is 5.65. The Bertz CT molecular complexity index is 331. The average Bonchev–Trinajstić information content (AvgIpc) is 2.36. The van der Waals surface area contributed by atoms with Gasteiger partial charge in [-0.2, -0.15) is 13.2 Å². The molecule has 3 nitrogen and oxygen atoms in total. The molecule has 0 aromatic carbocycles. The number of nitrogens with two attached hydrogens (primary N) is 1. The predicted octanol–water partition coefficient (Wildman–Crippen LogP) is 3.23. The third kappa shape index (κ3) is 6.68. The summed E-state index contributed by atoms with van der Waals surface area (Å²) in [6.07, 6.45) is -1.65. The molecule has 1 saturated carbocycles. The molecule has 6 heteroatoms. The first kappa shape index (κ1) is 18.3. The highest BCUT2D eigenvalue weighted by Gasteiger charge is 2.42. The fraction of sp³-hybridized carbons (Fsp3) is 0.933. The predicted molar refractivity (Wildman–Crippen MR) is 76.6 cm³/mol. The molecule has 0 aromatic rings. The van der Waals surface area contributed by atoms with E-state index in [4.69, 9.17) is 5.73 Å². The highest BCUT2D eigenvalue weighted by atomic mass is 19.4. The van der Waals surface area contributed by atoms with Crippen molar-refractivity contribution in [1.29, 1.82) is 0 Å². The fourth-order valence-corrected chi connectivity index (χ4v) is 3.10. The van der Waals surface area contributed by atoms with Crippen LogP contribution in [0.25, 0.3) is 0 Å². The molecule has 0 aliphatic heterocycles. The summed E-state index contributed by atoms with van der Waals surface area (Å²) in [6.45, 7) is 4.56. The van der Waals surface area contributed by atoms with Gasteiger partial charge in [-0.05, 0) is 44.1 Å². The number of alkyl halides is 3. The first-order chi connectivity index (χ1) is 9.72. The van der Waals surface area contributed by atoms with E-state index in [1.807, 2.05) is 0 Å². The van der Waals surface area contributed by atoms with Crippen molar-refractivity contribution in [1.82, 2.24) is 5.32 Å². The Morgan fingerprint density at radius 2 is 2.00 bits per heavy atom. The van der Waals surface area contributed by atoms with Crippen LogP contribution in [0, 0.1) is 17.8 Å². The molecule has 21 heavy (non-hydrogen) atoms. The van der Waals surface area contributed by atoms with Gasteiger partial charge in [0.1, 0.15) is 0 Å². The molecule has 0 saturated heterocycles. The second-order valence-electron chi connectivity index (χ2n) is 6.60. The van der Waals surface area contributed by atoms with E-state index in [9.17, 15) is 18.0 Å². The fourth-order valence-electron chi connectivity index (χ4n) is 3.10. The smallest absolute Gasteiger partial charge is 0.353 e. The number of carbonyl (C=O) groups excluding carboxylic acids is 1. The van der Waals surface area contributed by atoms with Gasteiger partial charge in [0.25, 0.3) is 0 Å². The first-order valence-electron chi connectivity index (χ1n) is 7.78. The summed E-state index contributed by atoms with van der Waals surface area (Å²) >= 11 is 0. The topological polar surface area (TPSA) is 55.1 Å². The van der Waals surface area contributed by atoms with Crippen molar-refractivity contribution < 1.29 is 18.0 Å². The zero-order valence-corrected chi connectivity index (χ0v) is 12.9. The first-order valence-corrected chi connectivity index (χ1v) is 7.78.